The largest absolute Gasteiger partial charge is 0.140 e. The van der Waals surface area contributed by atoms with E-state index in [4.69, 9.17) is 0 Å². The van der Waals surface area contributed by atoms with Crippen molar-refractivity contribution in [3.05, 3.63) is 6.07 Å². The summed E-state index contributed by atoms with van der Waals surface area (Å²) in [6.45, 7) is 0. The van der Waals surface area contributed by atoms with Crippen molar-refractivity contribution in [2.75, 3.05) is 0 Å². The molecule has 0 fully saturated rings. The van der Waals surface area contributed by atoms with Crippen LogP contribution in [0.15, 0.2) is 6.07 Å². The third kappa shape index (κ3) is 6.34. The molecule has 0 N–H and O–H groups in total. The van der Waals surface area contributed by atoms with Crippen molar-refractivity contribution in [3.8, 4) is 33.4 Å². The van der Waals surface area contributed by atoms with Crippen LogP contribution in [0, 0.1) is 0 Å². The Hall–Kier alpha value is -3.58. The summed E-state index contributed by atoms with van der Waals surface area (Å²) in [5.41, 5.74) is 43.6. The van der Waals surface area contributed by atoms with Gasteiger partial charge in [-0.25, -0.2) is 0 Å². The lowest BCUT2D eigenvalue weighted by Crippen LogP contribution is -2.53. The molecule has 8 aromatic rings. The molecule has 0 aliphatic rings. The van der Waals surface area contributed by atoms with Crippen LogP contribution in [-0.2, 0) is 0 Å². The van der Waals surface area contributed by atoms with Gasteiger partial charge in [0.05, 0.1) is 0 Å². The molecule has 0 amide bonds. The molecular formula is C40H51B25. The second-order valence-electron chi connectivity index (χ2n) is 21.1. The van der Waals surface area contributed by atoms with Gasteiger partial charge in [-0.05, 0) is 76.5 Å². The van der Waals surface area contributed by atoms with Crippen LogP contribution in [0.25, 0.3) is 76.5 Å². The number of fused-ring (bicyclic) bond motifs is 4. The van der Waals surface area contributed by atoms with Gasteiger partial charge < -0.3 is 0 Å². The fourth-order valence-electron chi connectivity index (χ4n) is 13.1. The van der Waals surface area contributed by atoms with E-state index < -0.39 is 0 Å². The van der Waals surface area contributed by atoms with Gasteiger partial charge >= 0.3 is 0 Å². The van der Waals surface area contributed by atoms with Gasteiger partial charge in [0.15, 0.2) is 0 Å². The maximum atomic E-state index is 2.44. The van der Waals surface area contributed by atoms with E-state index >= 15 is 0 Å². The van der Waals surface area contributed by atoms with E-state index in [0.717, 1.165) is 0 Å². The molecule has 8 rings (SSSR count). The minimum atomic E-state index is 1.37. The minimum absolute atomic E-state index is 1.37. The zero-order valence-electron chi connectivity index (χ0n) is 45.1. The molecule has 0 bridgehead atoms. The van der Waals surface area contributed by atoms with E-state index in [1.807, 2.05) is 0 Å². The summed E-state index contributed by atoms with van der Waals surface area (Å²) in [5, 5.41) is 11.5. The first-order chi connectivity index (χ1) is 30.3. The van der Waals surface area contributed by atoms with Crippen LogP contribution < -0.4 is 137 Å². The van der Waals surface area contributed by atoms with Crippen molar-refractivity contribution >= 4 is 376 Å². The van der Waals surface area contributed by atoms with Gasteiger partial charge in [-0.3, -0.25) is 0 Å². The monoisotopic (exact) mass is 807 g/mol. The highest BCUT2D eigenvalue weighted by Crippen LogP contribution is 2.39. The molecule has 0 unspecified atom stereocenters. The molecule has 0 spiro atoms. The van der Waals surface area contributed by atoms with E-state index in [-0.39, 0.29) is 0 Å². The van der Waals surface area contributed by atoms with Crippen molar-refractivity contribution in [2.24, 2.45) is 0 Å². The van der Waals surface area contributed by atoms with Crippen LogP contribution in [0.5, 0.6) is 0 Å². The normalized spacial score (nSPS) is 11.7. The topological polar surface area (TPSA) is 0 Å². The lowest BCUT2D eigenvalue weighted by molar-refractivity contribution is 1.83. The van der Waals surface area contributed by atoms with Gasteiger partial charge in [0.2, 0.25) is 0 Å². The maximum Gasteiger partial charge on any atom is 0.140 e. The minimum Gasteiger partial charge on any atom is -0.101 e. The van der Waals surface area contributed by atoms with Gasteiger partial charge in [0.1, 0.15) is 196 Å². The Kier molecular flexibility index (Phi) is 12.0. The second-order valence-corrected chi connectivity index (χ2v) is 21.1. The lowest BCUT2D eigenvalue weighted by atomic mass is 9.55. The summed E-state index contributed by atoms with van der Waals surface area (Å²) in [6.07, 6.45) is 0. The predicted octanol–water partition coefficient (Wildman–Crippen LogP) is -32.2. The molecule has 0 saturated carbocycles. The summed E-state index contributed by atoms with van der Waals surface area (Å²) in [6, 6.07) is 2.42. The number of hydrogen-bond donors (Lipinski definition) is 0. The van der Waals surface area contributed by atoms with Crippen molar-refractivity contribution in [3.63, 3.8) is 0 Å². The molecule has 8 aromatic carbocycles. The summed E-state index contributed by atoms with van der Waals surface area (Å²) in [7, 11) is 59.5. The highest BCUT2D eigenvalue weighted by atomic mass is 14.3. The molecule has 0 nitrogen and oxygen atoms in total. The van der Waals surface area contributed by atoms with Crippen LogP contribution >= 0.6 is 0 Å². The number of rotatable bonds is 3. The molecule has 0 aromatic heterocycles. The maximum absolute atomic E-state index is 2.44. The first-order valence-corrected chi connectivity index (χ1v) is 24.3. The molecule has 0 aliphatic carbocycles. The smallest absolute Gasteiger partial charge is 0.101 e. The summed E-state index contributed by atoms with van der Waals surface area (Å²) >= 11 is 0. The average molecular weight is 802 g/mol. The average Bonchev–Trinajstić information content (AvgIpc) is 3.26. The first-order valence-electron chi connectivity index (χ1n) is 24.3. The van der Waals surface area contributed by atoms with Gasteiger partial charge in [0, 0.05) is 0 Å². The number of hydrogen-bond acceptors (Lipinski definition) is 0. The zero-order valence-corrected chi connectivity index (χ0v) is 45.1. The van der Waals surface area contributed by atoms with Crippen molar-refractivity contribution < 1.29 is 0 Å². The SMILES string of the molecule is Bc1cc(B)c2c(-c3c(B)c(B)c(-c4c5c(B)c(B)c(B)c(B)c5c(-c5c(B)c(B)c6c(B)c(B)c(B)c(B)c6c5B)c5c(B)c(B)c(B)c(B)c45)c(B)c3B)c(B)c(B)c(B)c2c1B. The van der Waals surface area contributed by atoms with E-state index in [9.17, 15) is 0 Å². The molecule has 0 aliphatic heterocycles. The fraction of sp³-hybridized carbons (Fsp3) is 0. The molecule has 286 valence electrons. The molecule has 65 heavy (non-hydrogen) atoms. The molecule has 25 heteroatoms. The van der Waals surface area contributed by atoms with Gasteiger partial charge in [-0.15, -0.1) is 38.2 Å². The van der Waals surface area contributed by atoms with E-state index in [1.165, 1.54) is 213 Å². The molecular weight excluding hydrogens is 751 g/mol. The highest BCUT2D eigenvalue weighted by molar-refractivity contribution is 6.77. The standard InChI is InChI=1S/C40H51B25/c41-2-1-3(42)18(43)12-4(2)7(20(45)34(59)31(12)56)15-28(53)26(51)14(27(52)29(15)54)6-10-8(21(46)35(60)37(62)23(10)48)5(9-11(6)24(49)38(63)36(61)22(9)47)13-19(44)16-17(30(55)25(13)50)33(58)40(65)39(64)32(16)57/h1H,41-65H2. The van der Waals surface area contributed by atoms with Crippen molar-refractivity contribution in [1.82, 2.24) is 0 Å². The van der Waals surface area contributed by atoms with Gasteiger partial charge in [0.25, 0.3) is 0 Å². The van der Waals surface area contributed by atoms with Gasteiger partial charge in [-0.1, -0.05) is 104 Å². The van der Waals surface area contributed by atoms with Crippen molar-refractivity contribution in [1.29, 1.82) is 0 Å². The summed E-state index contributed by atoms with van der Waals surface area (Å²) < 4.78 is 0. The van der Waals surface area contributed by atoms with E-state index in [0.29, 0.717) is 0 Å². The Balaban J connectivity index is 1.68. The second kappa shape index (κ2) is 16.3. The molecule has 0 radical (unpaired) electrons. The van der Waals surface area contributed by atoms with Gasteiger partial charge in [-0.2, -0.15) is 0 Å². The van der Waals surface area contributed by atoms with Crippen molar-refractivity contribution in [2.45, 2.75) is 0 Å². The quantitative estimate of drug-likeness (QED) is 0.123. The Morgan fingerprint density at radius 2 is 0.354 bits per heavy atom. The van der Waals surface area contributed by atoms with Crippen LogP contribution in [0.2, 0.25) is 0 Å². The third-order valence-electron chi connectivity index (χ3n) is 18.7. The van der Waals surface area contributed by atoms with Crippen LogP contribution in [0.3, 0.4) is 0 Å². The van der Waals surface area contributed by atoms with Crippen LogP contribution in [-0.4, -0.2) is 196 Å². The number of benzene rings is 8. The Morgan fingerprint density at radius 1 is 0.138 bits per heavy atom. The summed E-state index contributed by atoms with van der Waals surface area (Å²) in [5.74, 6) is 0. The Morgan fingerprint density at radius 3 is 0.708 bits per heavy atom. The van der Waals surface area contributed by atoms with E-state index in [2.05, 4.69) is 202 Å². The fourth-order valence-corrected chi connectivity index (χ4v) is 13.1. The third-order valence-corrected chi connectivity index (χ3v) is 18.7. The summed E-state index contributed by atoms with van der Waals surface area (Å²) in [4.78, 5) is 0. The lowest BCUT2D eigenvalue weighted by Gasteiger charge is -2.33. The van der Waals surface area contributed by atoms with Crippen LogP contribution in [0.1, 0.15) is 0 Å². The van der Waals surface area contributed by atoms with E-state index in [1.54, 1.807) is 0 Å². The predicted molar refractivity (Wildman–Crippen MR) is 377 cm³/mol. The molecule has 0 heterocycles. The van der Waals surface area contributed by atoms with Crippen LogP contribution in [0.4, 0.5) is 0 Å². The molecule has 0 atom stereocenters. The Labute approximate surface area is 412 Å². The zero-order chi connectivity index (χ0) is 48.2. The highest BCUT2D eigenvalue weighted by Gasteiger charge is 2.31. The Bertz CT molecular complexity index is 3490. The first kappa shape index (κ1) is 47.9. The molecule has 0 saturated heterocycles.